The first-order valence-corrected chi connectivity index (χ1v) is 6.59. The maximum atomic E-state index is 11.8. The first kappa shape index (κ1) is 14.5. The quantitative estimate of drug-likeness (QED) is 0.827. The van der Waals surface area contributed by atoms with Crippen molar-refractivity contribution >= 4 is 21.8 Å². The van der Waals surface area contributed by atoms with E-state index in [0.29, 0.717) is 5.69 Å². The zero-order chi connectivity index (χ0) is 13.9. The van der Waals surface area contributed by atoms with Crippen LogP contribution in [0.25, 0.3) is 0 Å². The normalized spacial score (nSPS) is 11.4. The second-order valence-corrected chi connectivity index (χ2v) is 5.96. The molecule has 1 rings (SSSR count). The SMILES string of the molecule is COC(=O)N(C)c1ccc(S(=O)(=O)N(C)C)cc1. The Morgan fingerprint density at radius 2 is 1.61 bits per heavy atom. The number of anilines is 1. The summed E-state index contributed by atoms with van der Waals surface area (Å²) in [4.78, 5) is 12.7. The molecule has 0 radical (unpaired) electrons. The lowest BCUT2D eigenvalue weighted by molar-refractivity contribution is 0.180. The Bertz CT molecular complexity index is 522. The van der Waals surface area contributed by atoms with Crippen molar-refractivity contribution in [3.8, 4) is 0 Å². The van der Waals surface area contributed by atoms with E-state index in [1.54, 1.807) is 19.2 Å². The lowest BCUT2D eigenvalue weighted by atomic mass is 10.3. The molecule has 0 spiro atoms. The highest BCUT2D eigenvalue weighted by molar-refractivity contribution is 7.89. The minimum absolute atomic E-state index is 0.175. The fourth-order valence-corrected chi connectivity index (χ4v) is 2.20. The molecule has 0 aromatic heterocycles. The Balaban J connectivity index is 3.04. The molecule has 100 valence electrons. The number of hydrogen-bond acceptors (Lipinski definition) is 4. The van der Waals surface area contributed by atoms with E-state index in [2.05, 4.69) is 4.74 Å². The molecule has 0 heterocycles. The Morgan fingerprint density at radius 3 is 2.00 bits per heavy atom. The molecule has 6 nitrogen and oxygen atoms in total. The maximum Gasteiger partial charge on any atom is 0.413 e. The van der Waals surface area contributed by atoms with Crippen LogP contribution in [0, 0.1) is 0 Å². The third-order valence-corrected chi connectivity index (χ3v) is 4.28. The number of nitrogens with zero attached hydrogens (tertiary/aromatic N) is 2. The predicted octanol–water partition coefficient (Wildman–Crippen LogP) is 1.14. The standard InChI is InChI=1S/C11H16N2O4S/c1-12(2)18(15,16)10-7-5-9(6-8-10)13(3)11(14)17-4/h5-8H,1-4H3. The summed E-state index contributed by atoms with van der Waals surface area (Å²) in [7, 11) is 2.30. The molecule has 7 heteroatoms. The fraction of sp³-hybridized carbons (Fsp3) is 0.364. The number of carbonyl (C=O) groups excluding carboxylic acids is 1. The maximum absolute atomic E-state index is 11.8. The summed E-state index contributed by atoms with van der Waals surface area (Å²) in [6.07, 6.45) is -0.516. The number of ether oxygens (including phenoxy) is 1. The van der Waals surface area contributed by atoms with Crippen molar-refractivity contribution in [2.24, 2.45) is 0 Å². The van der Waals surface area contributed by atoms with Crippen LogP contribution in [0.3, 0.4) is 0 Å². The van der Waals surface area contributed by atoms with Gasteiger partial charge in [0.05, 0.1) is 12.0 Å². The Hall–Kier alpha value is -1.60. The van der Waals surface area contributed by atoms with Gasteiger partial charge in [-0.3, -0.25) is 4.90 Å². The number of amides is 1. The van der Waals surface area contributed by atoms with Crippen LogP contribution in [-0.2, 0) is 14.8 Å². The van der Waals surface area contributed by atoms with Crippen molar-refractivity contribution < 1.29 is 17.9 Å². The van der Waals surface area contributed by atoms with Gasteiger partial charge in [-0.1, -0.05) is 0 Å². The van der Waals surface area contributed by atoms with Gasteiger partial charge in [0, 0.05) is 26.8 Å². The lowest BCUT2D eigenvalue weighted by Gasteiger charge is -2.16. The van der Waals surface area contributed by atoms with E-state index >= 15 is 0 Å². The fourth-order valence-electron chi connectivity index (χ4n) is 1.29. The highest BCUT2D eigenvalue weighted by Crippen LogP contribution is 2.19. The molecular formula is C11H16N2O4S. The van der Waals surface area contributed by atoms with Gasteiger partial charge in [0.15, 0.2) is 0 Å². The van der Waals surface area contributed by atoms with Gasteiger partial charge in [0.2, 0.25) is 10.0 Å². The van der Waals surface area contributed by atoms with E-state index in [9.17, 15) is 13.2 Å². The van der Waals surface area contributed by atoms with Crippen LogP contribution >= 0.6 is 0 Å². The average molecular weight is 272 g/mol. The third kappa shape index (κ3) is 2.80. The molecule has 0 aliphatic carbocycles. The van der Waals surface area contributed by atoms with E-state index in [4.69, 9.17) is 0 Å². The molecule has 0 N–H and O–H groups in total. The van der Waals surface area contributed by atoms with E-state index in [1.165, 1.54) is 38.2 Å². The van der Waals surface area contributed by atoms with Crippen molar-refractivity contribution in [2.75, 3.05) is 33.2 Å². The highest BCUT2D eigenvalue weighted by Gasteiger charge is 2.18. The van der Waals surface area contributed by atoms with Crippen LogP contribution in [-0.4, -0.2) is 47.1 Å². The van der Waals surface area contributed by atoms with Crippen LogP contribution < -0.4 is 4.90 Å². The van der Waals surface area contributed by atoms with Crippen molar-refractivity contribution in [3.05, 3.63) is 24.3 Å². The molecule has 1 aromatic carbocycles. The van der Waals surface area contributed by atoms with Gasteiger partial charge in [0.1, 0.15) is 0 Å². The highest BCUT2D eigenvalue weighted by atomic mass is 32.2. The Kier molecular flexibility index (Phi) is 4.31. The van der Waals surface area contributed by atoms with Gasteiger partial charge in [-0.25, -0.2) is 17.5 Å². The number of carbonyl (C=O) groups is 1. The lowest BCUT2D eigenvalue weighted by Crippen LogP contribution is -2.26. The summed E-state index contributed by atoms with van der Waals surface area (Å²) in [5, 5.41) is 0. The van der Waals surface area contributed by atoms with Crippen molar-refractivity contribution in [1.82, 2.24) is 4.31 Å². The first-order valence-electron chi connectivity index (χ1n) is 5.15. The van der Waals surface area contributed by atoms with Crippen LogP contribution in [0.15, 0.2) is 29.2 Å². The average Bonchev–Trinajstić information content (AvgIpc) is 2.36. The molecule has 1 amide bonds. The number of benzene rings is 1. The third-order valence-electron chi connectivity index (χ3n) is 2.45. The monoisotopic (exact) mass is 272 g/mol. The topological polar surface area (TPSA) is 66.9 Å². The van der Waals surface area contributed by atoms with Crippen molar-refractivity contribution in [1.29, 1.82) is 0 Å². The summed E-state index contributed by atoms with van der Waals surface area (Å²) in [5.41, 5.74) is 0.555. The van der Waals surface area contributed by atoms with E-state index in [1.807, 2.05) is 0 Å². The van der Waals surface area contributed by atoms with E-state index in [0.717, 1.165) is 4.31 Å². The summed E-state index contributed by atoms with van der Waals surface area (Å²) in [6.45, 7) is 0. The molecule has 1 aromatic rings. The summed E-state index contributed by atoms with van der Waals surface area (Å²) < 4.78 is 29.3. The molecule has 0 bridgehead atoms. The largest absolute Gasteiger partial charge is 0.452 e. The summed E-state index contributed by atoms with van der Waals surface area (Å²) in [5.74, 6) is 0. The second-order valence-electron chi connectivity index (χ2n) is 3.81. The van der Waals surface area contributed by atoms with E-state index in [-0.39, 0.29) is 4.90 Å². The Morgan fingerprint density at radius 1 is 1.11 bits per heavy atom. The first-order chi connectivity index (χ1) is 8.30. The van der Waals surface area contributed by atoms with Crippen molar-refractivity contribution in [2.45, 2.75) is 4.90 Å². The van der Waals surface area contributed by atoms with Crippen LogP contribution in [0.1, 0.15) is 0 Å². The van der Waals surface area contributed by atoms with Crippen molar-refractivity contribution in [3.63, 3.8) is 0 Å². The number of hydrogen-bond donors (Lipinski definition) is 0. The van der Waals surface area contributed by atoms with Crippen LogP contribution in [0.4, 0.5) is 10.5 Å². The van der Waals surface area contributed by atoms with Gasteiger partial charge >= 0.3 is 6.09 Å². The van der Waals surface area contributed by atoms with Gasteiger partial charge < -0.3 is 4.74 Å². The molecule has 0 aliphatic rings. The summed E-state index contributed by atoms with van der Waals surface area (Å²) in [6, 6.07) is 5.99. The molecule has 0 saturated carbocycles. The number of sulfonamides is 1. The minimum Gasteiger partial charge on any atom is -0.452 e. The van der Waals surface area contributed by atoms with Gasteiger partial charge in [-0.15, -0.1) is 0 Å². The minimum atomic E-state index is -3.45. The smallest absolute Gasteiger partial charge is 0.413 e. The zero-order valence-electron chi connectivity index (χ0n) is 10.7. The predicted molar refractivity (Wildman–Crippen MR) is 68.1 cm³/mol. The van der Waals surface area contributed by atoms with E-state index < -0.39 is 16.1 Å². The molecule has 0 aliphatic heterocycles. The zero-order valence-corrected chi connectivity index (χ0v) is 11.6. The molecule has 0 unspecified atom stereocenters. The molecule has 18 heavy (non-hydrogen) atoms. The second kappa shape index (κ2) is 5.36. The van der Waals surface area contributed by atoms with Gasteiger partial charge in [-0.2, -0.15) is 0 Å². The molecule has 0 fully saturated rings. The molecule has 0 saturated heterocycles. The molecular weight excluding hydrogens is 256 g/mol. The summed E-state index contributed by atoms with van der Waals surface area (Å²) >= 11 is 0. The Labute approximate surface area is 107 Å². The number of methoxy groups -OCH3 is 1. The van der Waals surface area contributed by atoms with Gasteiger partial charge in [0.25, 0.3) is 0 Å². The number of rotatable bonds is 3. The molecule has 0 atom stereocenters. The van der Waals surface area contributed by atoms with Crippen LogP contribution in [0.5, 0.6) is 0 Å². The van der Waals surface area contributed by atoms with Crippen LogP contribution in [0.2, 0.25) is 0 Å². The van der Waals surface area contributed by atoms with Gasteiger partial charge in [-0.05, 0) is 24.3 Å².